The Hall–Kier alpha value is -1.62. The van der Waals surface area contributed by atoms with Crippen LogP contribution in [0.2, 0.25) is 0 Å². The molecule has 1 saturated heterocycles. The molecule has 3 rings (SSSR count). The number of anilines is 2. The Kier molecular flexibility index (Phi) is 3.38. The third-order valence-electron chi connectivity index (χ3n) is 3.80. The number of nitrogens with zero attached hydrogens (tertiary/aromatic N) is 3. The van der Waals surface area contributed by atoms with Crippen LogP contribution in [0.5, 0.6) is 0 Å². The van der Waals surface area contributed by atoms with Crippen molar-refractivity contribution in [2.24, 2.45) is 5.92 Å². The summed E-state index contributed by atoms with van der Waals surface area (Å²) >= 11 is 1.50. The lowest BCUT2D eigenvalue weighted by Crippen LogP contribution is -2.19. The van der Waals surface area contributed by atoms with Crippen molar-refractivity contribution >= 4 is 22.4 Å². The monoisotopic (exact) mass is 274 g/mol. The van der Waals surface area contributed by atoms with Gasteiger partial charge in [-0.05, 0) is 29.9 Å². The molecule has 4 nitrogen and oxygen atoms in total. The summed E-state index contributed by atoms with van der Waals surface area (Å²) in [4.78, 5) is 6.60. The van der Waals surface area contributed by atoms with E-state index in [0.29, 0.717) is 5.82 Å². The van der Waals surface area contributed by atoms with E-state index in [2.05, 4.69) is 21.2 Å². The van der Waals surface area contributed by atoms with Crippen LogP contribution in [0.25, 0.3) is 11.1 Å². The van der Waals surface area contributed by atoms with Crippen molar-refractivity contribution < 1.29 is 0 Å². The van der Waals surface area contributed by atoms with Crippen molar-refractivity contribution in [3.8, 4) is 11.1 Å². The van der Waals surface area contributed by atoms with Gasteiger partial charge in [-0.25, -0.2) is 0 Å². The van der Waals surface area contributed by atoms with Crippen LogP contribution in [0.1, 0.15) is 19.8 Å². The van der Waals surface area contributed by atoms with E-state index >= 15 is 0 Å². The van der Waals surface area contributed by atoms with Gasteiger partial charge in [0.2, 0.25) is 0 Å². The standard InChI is InChI=1S/C14H18N4S/c1-2-10-5-7-18(9-10)14-12(13(15)17-19-14)11-4-3-6-16-8-11/h3-4,6,8,10H,2,5,7,9H2,1H3,(H2,15,17). The van der Waals surface area contributed by atoms with Crippen LogP contribution in [0, 0.1) is 5.92 Å². The highest BCUT2D eigenvalue weighted by Gasteiger charge is 2.26. The second-order valence-corrected chi connectivity index (χ2v) is 5.75. The zero-order valence-electron chi connectivity index (χ0n) is 11.0. The molecule has 2 N–H and O–H groups in total. The van der Waals surface area contributed by atoms with Crippen LogP contribution in [0.4, 0.5) is 10.8 Å². The van der Waals surface area contributed by atoms with Gasteiger partial charge in [0.15, 0.2) is 0 Å². The fourth-order valence-corrected chi connectivity index (χ4v) is 3.51. The molecule has 1 unspecified atom stereocenters. The Labute approximate surface area is 117 Å². The first-order valence-corrected chi connectivity index (χ1v) is 7.47. The van der Waals surface area contributed by atoms with E-state index in [0.717, 1.165) is 30.1 Å². The average Bonchev–Trinajstić information content (AvgIpc) is 3.05. The zero-order valence-corrected chi connectivity index (χ0v) is 11.9. The molecule has 3 heterocycles. The van der Waals surface area contributed by atoms with E-state index in [-0.39, 0.29) is 0 Å². The van der Waals surface area contributed by atoms with Gasteiger partial charge in [0.1, 0.15) is 10.8 Å². The van der Waals surface area contributed by atoms with Gasteiger partial charge < -0.3 is 10.6 Å². The van der Waals surface area contributed by atoms with Gasteiger partial charge in [0.05, 0.1) is 5.56 Å². The minimum absolute atomic E-state index is 0.618. The number of nitrogen functional groups attached to an aromatic ring is 1. The quantitative estimate of drug-likeness (QED) is 0.934. The summed E-state index contributed by atoms with van der Waals surface area (Å²) in [5.74, 6) is 1.41. The maximum absolute atomic E-state index is 6.05. The summed E-state index contributed by atoms with van der Waals surface area (Å²) in [6.07, 6.45) is 6.15. The molecule has 1 atom stereocenters. The number of rotatable bonds is 3. The zero-order chi connectivity index (χ0) is 13.2. The van der Waals surface area contributed by atoms with E-state index in [1.54, 1.807) is 6.20 Å². The van der Waals surface area contributed by atoms with Gasteiger partial charge in [-0.2, -0.15) is 4.37 Å². The summed E-state index contributed by atoms with van der Waals surface area (Å²) in [5, 5.41) is 1.20. The van der Waals surface area contributed by atoms with Gasteiger partial charge in [-0.3, -0.25) is 4.98 Å². The first-order valence-electron chi connectivity index (χ1n) is 6.70. The molecule has 1 fully saturated rings. The van der Waals surface area contributed by atoms with Gasteiger partial charge >= 0.3 is 0 Å². The fraction of sp³-hybridized carbons (Fsp3) is 0.429. The third kappa shape index (κ3) is 2.30. The SMILES string of the molecule is CCC1CCN(c2snc(N)c2-c2cccnc2)C1. The molecule has 0 amide bonds. The molecular formula is C14H18N4S. The van der Waals surface area contributed by atoms with Crippen molar-refractivity contribution in [1.82, 2.24) is 9.36 Å². The van der Waals surface area contributed by atoms with E-state index < -0.39 is 0 Å². The van der Waals surface area contributed by atoms with E-state index in [1.807, 2.05) is 18.3 Å². The smallest absolute Gasteiger partial charge is 0.147 e. The molecule has 0 aromatic carbocycles. The maximum Gasteiger partial charge on any atom is 0.147 e. The Morgan fingerprint density at radius 3 is 3.11 bits per heavy atom. The van der Waals surface area contributed by atoms with Gasteiger partial charge in [-0.15, -0.1) is 0 Å². The number of hydrogen-bond donors (Lipinski definition) is 1. The molecule has 100 valence electrons. The van der Waals surface area contributed by atoms with E-state index in [4.69, 9.17) is 5.73 Å². The lowest BCUT2D eigenvalue weighted by atomic mass is 10.1. The lowest BCUT2D eigenvalue weighted by Gasteiger charge is -2.17. The Balaban J connectivity index is 1.96. The summed E-state index contributed by atoms with van der Waals surface area (Å²) in [7, 11) is 0. The van der Waals surface area contributed by atoms with Crippen molar-refractivity contribution in [2.75, 3.05) is 23.7 Å². The Morgan fingerprint density at radius 2 is 2.42 bits per heavy atom. The second kappa shape index (κ2) is 5.17. The van der Waals surface area contributed by atoms with Crippen molar-refractivity contribution in [3.63, 3.8) is 0 Å². The summed E-state index contributed by atoms with van der Waals surface area (Å²) in [6.45, 7) is 4.48. The van der Waals surface area contributed by atoms with Crippen LogP contribution in [-0.2, 0) is 0 Å². The van der Waals surface area contributed by atoms with Crippen LogP contribution in [0.3, 0.4) is 0 Å². The molecule has 0 spiro atoms. The molecule has 19 heavy (non-hydrogen) atoms. The predicted octanol–water partition coefficient (Wildman–Crippen LogP) is 3.02. The highest BCUT2D eigenvalue weighted by atomic mass is 32.1. The summed E-state index contributed by atoms with van der Waals surface area (Å²) < 4.78 is 4.34. The van der Waals surface area contributed by atoms with Gasteiger partial charge in [0, 0.05) is 31.0 Å². The Morgan fingerprint density at radius 1 is 1.53 bits per heavy atom. The average molecular weight is 274 g/mol. The molecule has 2 aromatic heterocycles. The predicted molar refractivity (Wildman–Crippen MR) is 80.4 cm³/mol. The van der Waals surface area contributed by atoms with Crippen LogP contribution in [0.15, 0.2) is 24.5 Å². The molecule has 1 aliphatic heterocycles. The summed E-state index contributed by atoms with van der Waals surface area (Å²) in [6, 6.07) is 3.99. The first-order chi connectivity index (χ1) is 9.29. The molecular weight excluding hydrogens is 256 g/mol. The van der Waals surface area contributed by atoms with Gasteiger partial charge in [-0.1, -0.05) is 19.4 Å². The number of nitrogens with two attached hydrogens (primary N) is 1. The highest BCUT2D eigenvalue weighted by Crippen LogP contribution is 2.41. The largest absolute Gasteiger partial charge is 0.382 e. The highest BCUT2D eigenvalue weighted by molar-refractivity contribution is 7.11. The topological polar surface area (TPSA) is 55.0 Å². The maximum atomic E-state index is 6.05. The minimum atomic E-state index is 0.618. The molecule has 0 bridgehead atoms. The van der Waals surface area contributed by atoms with Gasteiger partial charge in [0.25, 0.3) is 0 Å². The molecule has 0 aliphatic carbocycles. The minimum Gasteiger partial charge on any atom is -0.382 e. The van der Waals surface area contributed by atoms with Crippen LogP contribution in [-0.4, -0.2) is 22.4 Å². The molecule has 5 heteroatoms. The van der Waals surface area contributed by atoms with Crippen molar-refractivity contribution in [3.05, 3.63) is 24.5 Å². The van der Waals surface area contributed by atoms with E-state index in [9.17, 15) is 0 Å². The number of pyridine rings is 1. The second-order valence-electron chi connectivity index (χ2n) is 5.00. The normalized spacial score (nSPS) is 19.0. The fourth-order valence-electron chi connectivity index (χ4n) is 2.64. The number of aromatic nitrogens is 2. The number of hydrogen-bond acceptors (Lipinski definition) is 5. The molecule has 2 aromatic rings. The Bertz CT molecular complexity index is 552. The molecule has 1 aliphatic rings. The molecule has 0 saturated carbocycles. The van der Waals surface area contributed by atoms with Crippen LogP contribution >= 0.6 is 11.5 Å². The van der Waals surface area contributed by atoms with E-state index in [1.165, 1.54) is 29.4 Å². The lowest BCUT2D eigenvalue weighted by molar-refractivity contribution is 0.569. The molecule has 0 radical (unpaired) electrons. The summed E-state index contributed by atoms with van der Waals surface area (Å²) in [5.41, 5.74) is 8.16. The third-order valence-corrected chi connectivity index (χ3v) is 4.72. The van der Waals surface area contributed by atoms with Crippen molar-refractivity contribution in [1.29, 1.82) is 0 Å². The van der Waals surface area contributed by atoms with Crippen LogP contribution < -0.4 is 10.6 Å². The van der Waals surface area contributed by atoms with Crippen molar-refractivity contribution in [2.45, 2.75) is 19.8 Å². The first kappa shape index (κ1) is 12.4.